The number of rotatable bonds is 2. The molecule has 108 valence electrons. The molecule has 2 amide bonds. The number of carboxylic acid groups (broad SMARTS) is 1. The van der Waals surface area contributed by atoms with Crippen molar-refractivity contribution >= 4 is 17.7 Å². The molecular formula is C13H15FN2O4. The largest absolute Gasteiger partial charge is 0.480 e. The second-order valence-corrected chi connectivity index (χ2v) is 4.69. The molecule has 2 N–H and O–H groups in total. The zero-order chi connectivity index (χ0) is 14.9. The minimum Gasteiger partial charge on any atom is -0.480 e. The predicted molar refractivity (Wildman–Crippen MR) is 69.0 cm³/mol. The summed E-state index contributed by atoms with van der Waals surface area (Å²) in [5, 5.41) is 18.6. The highest BCUT2D eigenvalue weighted by atomic mass is 19.1. The van der Waals surface area contributed by atoms with Crippen molar-refractivity contribution in [1.29, 1.82) is 0 Å². The molecule has 0 radical (unpaired) electrons. The molecule has 1 aliphatic rings. The Balaban J connectivity index is 2.22. The van der Waals surface area contributed by atoms with Gasteiger partial charge in [0.15, 0.2) is 0 Å². The van der Waals surface area contributed by atoms with Crippen LogP contribution in [0.5, 0.6) is 0 Å². The fraction of sp³-hybridized carbons (Fsp3) is 0.385. The van der Waals surface area contributed by atoms with Gasteiger partial charge in [-0.2, -0.15) is 0 Å². The van der Waals surface area contributed by atoms with E-state index >= 15 is 0 Å². The molecule has 20 heavy (non-hydrogen) atoms. The number of carbonyl (C=O) groups excluding carboxylic acids is 1. The summed E-state index contributed by atoms with van der Waals surface area (Å²) in [6.45, 7) is -0.0748. The number of para-hydroxylation sites is 1. The van der Waals surface area contributed by atoms with E-state index in [-0.39, 0.29) is 18.7 Å². The highest BCUT2D eigenvalue weighted by Crippen LogP contribution is 2.23. The highest BCUT2D eigenvalue weighted by Gasteiger charge is 2.40. The fourth-order valence-electron chi connectivity index (χ4n) is 2.28. The number of amides is 2. The first kappa shape index (κ1) is 14.3. The summed E-state index contributed by atoms with van der Waals surface area (Å²) < 4.78 is 13.6. The normalized spacial score (nSPS) is 21.9. The number of carbonyl (C=O) groups is 2. The van der Waals surface area contributed by atoms with Gasteiger partial charge in [0.1, 0.15) is 11.9 Å². The summed E-state index contributed by atoms with van der Waals surface area (Å²) in [5.41, 5.74) is 0.0584. The van der Waals surface area contributed by atoms with Crippen molar-refractivity contribution in [2.75, 3.05) is 18.5 Å². The van der Waals surface area contributed by atoms with Crippen LogP contribution >= 0.6 is 0 Å². The molecule has 2 atom stereocenters. The van der Waals surface area contributed by atoms with Crippen LogP contribution in [-0.2, 0) is 4.79 Å². The van der Waals surface area contributed by atoms with Crippen LogP contribution in [0.15, 0.2) is 24.3 Å². The average molecular weight is 282 g/mol. The molecule has 1 fully saturated rings. The molecule has 0 aromatic heterocycles. The lowest BCUT2D eigenvalue weighted by molar-refractivity contribution is -0.141. The van der Waals surface area contributed by atoms with Crippen molar-refractivity contribution in [3.63, 3.8) is 0 Å². The summed E-state index contributed by atoms with van der Waals surface area (Å²) in [6, 6.07) is 3.97. The van der Waals surface area contributed by atoms with Gasteiger partial charge >= 0.3 is 12.0 Å². The van der Waals surface area contributed by atoms with Gasteiger partial charge in [-0.3, -0.25) is 4.90 Å². The summed E-state index contributed by atoms with van der Waals surface area (Å²) in [4.78, 5) is 25.4. The van der Waals surface area contributed by atoms with Gasteiger partial charge in [0, 0.05) is 20.0 Å². The van der Waals surface area contributed by atoms with Crippen LogP contribution in [0.4, 0.5) is 14.9 Å². The minimum atomic E-state index is -1.18. The van der Waals surface area contributed by atoms with Gasteiger partial charge in [-0.15, -0.1) is 0 Å². The van der Waals surface area contributed by atoms with Crippen molar-refractivity contribution in [3.8, 4) is 0 Å². The second-order valence-electron chi connectivity index (χ2n) is 4.69. The van der Waals surface area contributed by atoms with E-state index in [4.69, 9.17) is 5.11 Å². The van der Waals surface area contributed by atoms with Gasteiger partial charge in [-0.25, -0.2) is 14.0 Å². The van der Waals surface area contributed by atoms with E-state index in [0.29, 0.717) is 0 Å². The van der Waals surface area contributed by atoms with Gasteiger partial charge in [0.05, 0.1) is 11.8 Å². The van der Waals surface area contributed by atoms with Gasteiger partial charge < -0.3 is 15.1 Å². The first-order valence-electron chi connectivity index (χ1n) is 6.11. The number of anilines is 1. The molecule has 0 saturated carbocycles. The molecule has 1 aromatic carbocycles. The van der Waals surface area contributed by atoms with Crippen molar-refractivity contribution in [2.24, 2.45) is 0 Å². The molecule has 1 aliphatic heterocycles. The lowest BCUT2D eigenvalue weighted by atomic mass is 10.2. The fourth-order valence-corrected chi connectivity index (χ4v) is 2.28. The molecule has 0 spiro atoms. The van der Waals surface area contributed by atoms with Crippen LogP contribution in [0.3, 0.4) is 0 Å². The summed E-state index contributed by atoms with van der Waals surface area (Å²) in [5.74, 6) is -1.76. The zero-order valence-corrected chi connectivity index (χ0v) is 10.9. The molecule has 1 heterocycles. The van der Waals surface area contributed by atoms with E-state index in [1.165, 1.54) is 25.2 Å². The van der Waals surface area contributed by atoms with Crippen LogP contribution < -0.4 is 4.90 Å². The number of benzene rings is 1. The number of hydrogen-bond donors (Lipinski definition) is 2. The standard InChI is InChI=1S/C13H15FN2O4/c1-15(10-5-3-2-4-9(10)14)13(20)16-7-8(17)6-11(16)12(18)19/h2-5,8,11,17H,6-7H2,1H3,(H,18,19)/t8?,11-/m0/s1. The highest BCUT2D eigenvalue weighted by molar-refractivity contribution is 5.94. The molecule has 0 bridgehead atoms. The van der Waals surface area contributed by atoms with Crippen LogP contribution in [0.25, 0.3) is 0 Å². The average Bonchev–Trinajstić information content (AvgIpc) is 2.80. The Kier molecular flexibility index (Phi) is 3.89. The third-order valence-electron chi connectivity index (χ3n) is 3.31. The quantitative estimate of drug-likeness (QED) is 0.844. The van der Waals surface area contributed by atoms with E-state index in [0.717, 1.165) is 9.80 Å². The Morgan fingerprint density at radius 1 is 1.40 bits per heavy atom. The Morgan fingerprint density at radius 3 is 2.65 bits per heavy atom. The number of nitrogens with zero attached hydrogens (tertiary/aromatic N) is 2. The zero-order valence-electron chi connectivity index (χ0n) is 10.9. The van der Waals surface area contributed by atoms with E-state index in [1.807, 2.05) is 0 Å². The number of carboxylic acids is 1. The van der Waals surface area contributed by atoms with Gasteiger partial charge in [-0.1, -0.05) is 12.1 Å². The van der Waals surface area contributed by atoms with E-state index in [9.17, 15) is 19.1 Å². The number of aliphatic hydroxyl groups is 1. The molecule has 7 heteroatoms. The van der Waals surface area contributed by atoms with Crippen molar-refractivity contribution < 1.29 is 24.2 Å². The van der Waals surface area contributed by atoms with E-state index in [2.05, 4.69) is 0 Å². The van der Waals surface area contributed by atoms with Crippen molar-refractivity contribution in [2.45, 2.75) is 18.6 Å². The molecule has 1 aromatic rings. The smallest absolute Gasteiger partial charge is 0.326 e. The molecule has 2 rings (SSSR count). The predicted octanol–water partition coefficient (Wildman–Crippen LogP) is 0.902. The van der Waals surface area contributed by atoms with Crippen LogP contribution in [-0.4, -0.2) is 52.9 Å². The van der Waals surface area contributed by atoms with Gasteiger partial charge in [-0.05, 0) is 12.1 Å². The van der Waals surface area contributed by atoms with Crippen molar-refractivity contribution in [3.05, 3.63) is 30.1 Å². The SMILES string of the molecule is CN(C(=O)N1CC(O)C[C@H]1C(=O)O)c1ccccc1F. The summed E-state index contributed by atoms with van der Waals surface area (Å²) >= 11 is 0. The Hall–Kier alpha value is -2.15. The first-order chi connectivity index (χ1) is 9.41. The number of likely N-dealkylation sites (tertiary alicyclic amines) is 1. The van der Waals surface area contributed by atoms with Crippen molar-refractivity contribution in [1.82, 2.24) is 4.90 Å². The second kappa shape index (κ2) is 5.46. The van der Waals surface area contributed by atoms with Crippen LogP contribution in [0.2, 0.25) is 0 Å². The molecule has 6 nitrogen and oxygen atoms in total. The number of hydrogen-bond acceptors (Lipinski definition) is 3. The molecule has 1 saturated heterocycles. The molecular weight excluding hydrogens is 267 g/mol. The maximum Gasteiger partial charge on any atom is 0.326 e. The lowest BCUT2D eigenvalue weighted by Gasteiger charge is -2.27. The topological polar surface area (TPSA) is 81.1 Å². The Morgan fingerprint density at radius 2 is 2.05 bits per heavy atom. The number of urea groups is 1. The summed E-state index contributed by atoms with van der Waals surface area (Å²) in [7, 11) is 1.37. The van der Waals surface area contributed by atoms with Crippen LogP contribution in [0.1, 0.15) is 6.42 Å². The number of aliphatic carboxylic acids is 1. The third kappa shape index (κ3) is 2.57. The lowest BCUT2D eigenvalue weighted by Crippen LogP contribution is -2.47. The number of β-amino-alcohol motifs (C(OH)–C–C–N with tert-alkyl or cyclic N) is 1. The maximum atomic E-state index is 13.6. The number of aliphatic hydroxyl groups excluding tert-OH is 1. The Bertz CT molecular complexity index is 537. The maximum absolute atomic E-state index is 13.6. The van der Waals surface area contributed by atoms with Gasteiger partial charge in [0.2, 0.25) is 0 Å². The summed E-state index contributed by atoms with van der Waals surface area (Å²) in [6.07, 6.45) is -0.902. The Labute approximate surface area is 115 Å². The van der Waals surface area contributed by atoms with E-state index in [1.54, 1.807) is 6.07 Å². The monoisotopic (exact) mass is 282 g/mol. The van der Waals surface area contributed by atoms with E-state index < -0.39 is 30.0 Å². The third-order valence-corrected chi connectivity index (χ3v) is 3.31. The minimum absolute atomic E-state index is 0.0216. The molecule has 0 aliphatic carbocycles. The van der Waals surface area contributed by atoms with Gasteiger partial charge in [0.25, 0.3) is 0 Å². The molecule has 1 unspecified atom stereocenters. The number of halogens is 1. The first-order valence-corrected chi connectivity index (χ1v) is 6.11. The van der Waals surface area contributed by atoms with Crippen LogP contribution in [0, 0.1) is 5.82 Å².